The normalized spacial score (nSPS) is 14.6. The molecule has 0 radical (unpaired) electrons. The molecule has 1 aromatic rings. The molecule has 2 heteroatoms. The van der Waals surface area contributed by atoms with Crippen molar-refractivity contribution in [3.05, 3.63) is 29.8 Å². The van der Waals surface area contributed by atoms with E-state index < -0.39 is 0 Å². The summed E-state index contributed by atoms with van der Waals surface area (Å²) < 4.78 is 6.28. The fourth-order valence-electron chi connectivity index (χ4n) is 1.94. The van der Waals surface area contributed by atoms with Crippen molar-refractivity contribution in [2.75, 3.05) is 13.1 Å². The molecule has 1 unspecified atom stereocenters. The van der Waals surface area contributed by atoms with Crippen LogP contribution in [0, 0.1) is 0 Å². The highest BCUT2D eigenvalue weighted by atomic mass is 16.5. The number of rotatable bonds is 7. The van der Waals surface area contributed by atoms with Crippen LogP contribution in [0.4, 0.5) is 0 Å². The fraction of sp³-hybridized carbons (Fsp3) is 0.625. The Labute approximate surface area is 112 Å². The second-order valence-corrected chi connectivity index (χ2v) is 5.38. The molecule has 0 aliphatic carbocycles. The van der Waals surface area contributed by atoms with Crippen LogP contribution >= 0.6 is 0 Å². The average molecular weight is 249 g/mol. The number of hydrogen-bond donors (Lipinski definition) is 1. The number of likely N-dealkylation sites (N-methyl/N-ethyl adjacent to an activating group) is 1. The lowest BCUT2D eigenvalue weighted by atomic mass is 10.00. The van der Waals surface area contributed by atoms with Gasteiger partial charge in [0.1, 0.15) is 11.4 Å². The van der Waals surface area contributed by atoms with Crippen LogP contribution in [0.5, 0.6) is 5.75 Å². The Morgan fingerprint density at radius 2 is 1.89 bits per heavy atom. The lowest BCUT2D eigenvalue weighted by Crippen LogP contribution is -2.42. The van der Waals surface area contributed by atoms with Crippen LogP contribution in [-0.4, -0.2) is 18.7 Å². The highest BCUT2D eigenvalue weighted by Crippen LogP contribution is 2.29. The van der Waals surface area contributed by atoms with Gasteiger partial charge in [-0.25, -0.2) is 0 Å². The minimum Gasteiger partial charge on any atom is -0.486 e. The third-order valence-corrected chi connectivity index (χ3v) is 3.39. The molecule has 0 aliphatic rings. The van der Waals surface area contributed by atoms with Gasteiger partial charge in [0.2, 0.25) is 0 Å². The predicted molar refractivity (Wildman–Crippen MR) is 78.4 cm³/mol. The number of ether oxygens (including phenoxy) is 1. The van der Waals surface area contributed by atoms with Crippen molar-refractivity contribution in [1.29, 1.82) is 0 Å². The molecule has 0 saturated carbocycles. The first-order valence-electron chi connectivity index (χ1n) is 7.01. The number of para-hydroxylation sites is 1. The fourth-order valence-corrected chi connectivity index (χ4v) is 1.94. The van der Waals surface area contributed by atoms with E-state index in [0.29, 0.717) is 5.92 Å². The second-order valence-electron chi connectivity index (χ2n) is 5.38. The molecule has 1 atom stereocenters. The zero-order valence-corrected chi connectivity index (χ0v) is 12.4. The van der Waals surface area contributed by atoms with Crippen LogP contribution in [0.2, 0.25) is 0 Å². The summed E-state index contributed by atoms with van der Waals surface area (Å²) in [5.74, 6) is 1.51. The van der Waals surface area contributed by atoms with Crippen molar-refractivity contribution in [3.8, 4) is 5.75 Å². The molecule has 0 aliphatic heterocycles. The Balaban J connectivity index is 2.87. The van der Waals surface area contributed by atoms with Crippen LogP contribution in [0.25, 0.3) is 0 Å². The molecule has 1 rings (SSSR count). The van der Waals surface area contributed by atoms with Crippen molar-refractivity contribution in [1.82, 2.24) is 5.32 Å². The first kappa shape index (κ1) is 15.0. The Hall–Kier alpha value is -1.02. The topological polar surface area (TPSA) is 21.3 Å². The Morgan fingerprint density at radius 3 is 2.44 bits per heavy atom. The molecule has 0 amide bonds. The van der Waals surface area contributed by atoms with E-state index in [1.165, 1.54) is 5.56 Å². The maximum Gasteiger partial charge on any atom is 0.123 e. The van der Waals surface area contributed by atoms with Gasteiger partial charge in [-0.15, -0.1) is 0 Å². The Bertz CT molecular complexity index is 362. The molecule has 1 aromatic carbocycles. The highest BCUT2D eigenvalue weighted by Gasteiger charge is 2.24. The van der Waals surface area contributed by atoms with Crippen molar-refractivity contribution in [2.45, 2.75) is 52.6 Å². The summed E-state index contributed by atoms with van der Waals surface area (Å²) in [5.41, 5.74) is 1.15. The van der Waals surface area contributed by atoms with Crippen molar-refractivity contribution in [2.24, 2.45) is 0 Å². The summed E-state index contributed by atoms with van der Waals surface area (Å²) in [7, 11) is 0. The average Bonchev–Trinajstić information content (AvgIpc) is 2.37. The maximum absolute atomic E-state index is 6.28. The summed E-state index contributed by atoms with van der Waals surface area (Å²) in [4.78, 5) is 0. The highest BCUT2D eigenvalue weighted by molar-refractivity contribution is 5.36. The zero-order chi connectivity index (χ0) is 13.6. The van der Waals surface area contributed by atoms with E-state index in [1.807, 2.05) is 6.07 Å². The summed E-state index contributed by atoms with van der Waals surface area (Å²) in [6, 6.07) is 8.36. The van der Waals surface area contributed by atoms with Gasteiger partial charge in [-0.3, -0.25) is 0 Å². The monoisotopic (exact) mass is 249 g/mol. The smallest absolute Gasteiger partial charge is 0.123 e. The summed E-state index contributed by atoms with van der Waals surface area (Å²) in [6.07, 6.45) is 0.992. The Morgan fingerprint density at radius 1 is 1.22 bits per heavy atom. The molecule has 0 aromatic heterocycles. The third-order valence-electron chi connectivity index (χ3n) is 3.39. The van der Waals surface area contributed by atoms with Gasteiger partial charge in [0.15, 0.2) is 0 Å². The summed E-state index contributed by atoms with van der Waals surface area (Å²) in [5, 5.41) is 3.38. The van der Waals surface area contributed by atoms with Gasteiger partial charge >= 0.3 is 0 Å². The molecule has 0 fully saturated rings. The first-order chi connectivity index (χ1) is 8.52. The zero-order valence-electron chi connectivity index (χ0n) is 12.4. The van der Waals surface area contributed by atoms with E-state index in [-0.39, 0.29) is 5.60 Å². The second kappa shape index (κ2) is 6.79. The van der Waals surface area contributed by atoms with Gasteiger partial charge in [0.25, 0.3) is 0 Å². The van der Waals surface area contributed by atoms with Gasteiger partial charge in [-0.1, -0.05) is 45.9 Å². The molecule has 2 nitrogen and oxygen atoms in total. The van der Waals surface area contributed by atoms with Gasteiger partial charge in [-0.05, 0) is 37.4 Å². The third kappa shape index (κ3) is 4.02. The molecule has 0 heterocycles. The standard InChI is InChI=1S/C16H27NO/c1-6-16(5,12-17-7-2)18-15-11-9-8-10-14(15)13(3)4/h8-11,13,17H,6-7,12H2,1-5H3. The summed E-state index contributed by atoms with van der Waals surface area (Å²) in [6.45, 7) is 12.7. The van der Waals surface area contributed by atoms with Gasteiger partial charge in [0, 0.05) is 6.54 Å². The van der Waals surface area contributed by atoms with Crippen molar-refractivity contribution in [3.63, 3.8) is 0 Å². The predicted octanol–water partition coefficient (Wildman–Crippen LogP) is 3.97. The lowest BCUT2D eigenvalue weighted by Gasteiger charge is -2.31. The molecule has 102 valence electrons. The summed E-state index contributed by atoms with van der Waals surface area (Å²) >= 11 is 0. The van der Waals surface area contributed by atoms with Crippen LogP contribution in [0.1, 0.15) is 52.5 Å². The molecule has 1 N–H and O–H groups in total. The quantitative estimate of drug-likeness (QED) is 0.789. The minimum absolute atomic E-state index is 0.138. The van der Waals surface area contributed by atoms with Gasteiger partial charge < -0.3 is 10.1 Å². The van der Waals surface area contributed by atoms with E-state index in [1.54, 1.807) is 0 Å². The lowest BCUT2D eigenvalue weighted by molar-refractivity contribution is 0.0827. The van der Waals surface area contributed by atoms with Gasteiger partial charge in [0.05, 0.1) is 0 Å². The molecule has 0 spiro atoms. The van der Waals surface area contributed by atoms with Crippen LogP contribution < -0.4 is 10.1 Å². The van der Waals surface area contributed by atoms with E-state index in [2.05, 4.69) is 58.1 Å². The van der Waals surface area contributed by atoms with E-state index in [9.17, 15) is 0 Å². The number of benzene rings is 1. The molecular weight excluding hydrogens is 222 g/mol. The number of hydrogen-bond acceptors (Lipinski definition) is 2. The molecule has 18 heavy (non-hydrogen) atoms. The minimum atomic E-state index is -0.138. The first-order valence-corrected chi connectivity index (χ1v) is 7.01. The molecule has 0 saturated heterocycles. The molecule has 0 bridgehead atoms. The molecular formula is C16H27NO. The largest absolute Gasteiger partial charge is 0.486 e. The van der Waals surface area contributed by atoms with Crippen molar-refractivity contribution >= 4 is 0 Å². The van der Waals surface area contributed by atoms with E-state index >= 15 is 0 Å². The van der Waals surface area contributed by atoms with Crippen LogP contribution in [0.15, 0.2) is 24.3 Å². The maximum atomic E-state index is 6.28. The number of nitrogens with one attached hydrogen (secondary N) is 1. The van der Waals surface area contributed by atoms with Crippen LogP contribution in [0.3, 0.4) is 0 Å². The SMILES string of the molecule is CCNCC(C)(CC)Oc1ccccc1C(C)C. The van der Waals surface area contributed by atoms with Gasteiger partial charge in [-0.2, -0.15) is 0 Å². The van der Waals surface area contributed by atoms with Crippen LogP contribution in [-0.2, 0) is 0 Å². The van der Waals surface area contributed by atoms with Crippen molar-refractivity contribution < 1.29 is 4.74 Å². The van der Waals surface area contributed by atoms with E-state index in [0.717, 1.165) is 25.3 Å². The Kier molecular flexibility index (Phi) is 5.67. The van der Waals surface area contributed by atoms with E-state index in [4.69, 9.17) is 4.74 Å².